The van der Waals surface area contributed by atoms with Gasteiger partial charge in [0.15, 0.2) is 5.13 Å². The topological polar surface area (TPSA) is 108 Å². The van der Waals surface area contributed by atoms with Crippen LogP contribution in [-0.2, 0) is 9.59 Å². The van der Waals surface area contributed by atoms with Crippen LogP contribution in [0.1, 0.15) is 38.0 Å². The van der Waals surface area contributed by atoms with E-state index in [1.54, 1.807) is 24.3 Å². The predicted molar refractivity (Wildman–Crippen MR) is 132 cm³/mol. The van der Waals surface area contributed by atoms with Crippen LogP contribution in [0.25, 0.3) is 16.0 Å². The molecule has 0 saturated carbocycles. The van der Waals surface area contributed by atoms with Crippen molar-refractivity contribution >= 4 is 61.4 Å². The number of aryl methyl sites for hydroxylation is 2. The lowest BCUT2D eigenvalue weighted by atomic mass is 9.98. The number of hydrogen-bond donors (Lipinski definition) is 2. The highest BCUT2D eigenvalue weighted by Crippen LogP contribution is 2.45. The van der Waals surface area contributed by atoms with E-state index < -0.39 is 23.7 Å². The van der Waals surface area contributed by atoms with Crippen molar-refractivity contribution in [1.82, 2.24) is 4.98 Å². The molecule has 1 amide bonds. The molecule has 0 radical (unpaired) electrons. The standard InChI is InChI=1S/C25H18N2O5S2/c1-12-5-6-14(10-13(12)2)21(28)19-20(17-4-3-9-33-17)27(23(30)22(19)29)25-26-16-8-7-15(24(31)32)11-18(16)34-25/h3-11,20,28H,1-2H3,(H,31,32)/b21-19+. The Balaban J connectivity index is 1.69. The number of carboxylic acids is 1. The Labute approximate surface area is 202 Å². The Morgan fingerprint density at radius 3 is 2.44 bits per heavy atom. The molecule has 0 aliphatic carbocycles. The molecule has 0 spiro atoms. The van der Waals surface area contributed by atoms with Crippen molar-refractivity contribution < 1.29 is 24.6 Å². The fraction of sp³-hybridized carbons (Fsp3) is 0.120. The number of ketones is 1. The molecular weight excluding hydrogens is 472 g/mol. The van der Waals surface area contributed by atoms with Gasteiger partial charge < -0.3 is 10.2 Å². The van der Waals surface area contributed by atoms with Crippen LogP contribution < -0.4 is 4.90 Å². The van der Waals surface area contributed by atoms with Crippen molar-refractivity contribution in [2.24, 2.45) is 0 Å². The second kappa shape index (κ2) is 8.19. The average Bonchev–Trinajstić information content (AvgIpc) is 3.53. The lowest BCUT2D eigenvalue weighted by Crippen LogP contribution is -2.28. The normalized spacial score (nSPS) is 17.6. The summed E-state index contributed by atoms with van der Waals surface area (Å²) in [5.41, 5.74) is 3.08. The highest BCUT2D eigenvalue weighted by Gasteiger charge is 2.48. The average molecular weight is 491 g/mol. The summed E-state index contributed by atoms with van der Waals surface area (Å²) in [5, 5.41) is 22.6. The molecule has 1 fully saturated rings. The van der Waals surface area contributed by atoms with Crippen molar-refractivity contribution in [2.45, 2.75) is 19.9 Å². The van der Waals surface area contributed by atoms with Crippen LogP contribution in [0.5, 0.6) is 0 Å². The number of carboxylic acid groups (broad SMARTS) is 1. The van der Waals surface area contributed by atoms with Gasteiger partial charge in [-0.15, -0.1) is 11.3 Å². The van der Waals surface area contributed by atoms with Gasteiger partial charge in [0.1, 0.15) is 11.8 Å². The molecule has 0 bridgehead atoms. The summed E-state index contributed by atoms with van der Waals surface area (Å²) in [4.78, 5) is 44.3. The number of thiophene rings is 1. The van der Waals surface area contributed by atoms with E-state index in [1.165, 1.54) is 28.4 Å². The van der Waals surface area contributed by atoms with Gasteiger partial charge >= 0.3 is 11.9 Å². The second-order valence-corrected chi connectivity index (χ2v) is 9.96. The van der Waals surface area contributed by atoms with Crippen LogP contribution in [0.4, 0.5) is 5.13 Å². The fourth-order valence-corrected chi connectivity index (χ4v) is 5.79. The molecule has 7 nitrogen and oxygen atoms in total. The van der Waals surface area contributed by atoms with Crippen molar-refractivity contribution in [3.05, 3.63) is 86.6 Å². The number of benzene rings is 2. The lowest BCUT2D eigenvalue weighted by Gasteiger charge is -2.21. The van der Waals surface area contributed by atoms with Gasteiger partial charge in [-0.05, 0) is 60.7 Å². The lowest BCUT2D eigenvalue weighted by molar-refractivity contribution is -0.132. The van der Waals surface area contributed by atoms with Gasteiger partial charge in [-0.1, -0.05) is 29.5 Å². The van der Waals surface area contributed by atoms with Crippen LogP contribution in [0, 0.1) is 13.8 Å². The molecule has 2 aromatic carbocycles. The summed E-state index contributed by atoms with van der Waals surface area (Å²) in [6, 6.07) is 12.6. The number of aliphatic hydroxyl groups excluding tert-OH is 1. The Morgan fingerprint density at radius 2 is 1.76 bits per heavy atom. The van der Waals surface area contributed by atoms with E-state index >= 15 is 0 Å². The summed E-state index contributed by atoms with van der Waals surface area (Å²) >= 11 is 2.49. The largest absolute Gasteiger partial charge is 0.507 e. The smallest absolute Gasteiger partial charge is 0.335 e. The van der Waals surface area contributed by atoms with Crippen LogP contribution >= 0.6 is 22.7 Å². The van der Waals surface area contributed by atoms with Crippen molar-refractivity contribution in [3.8, 4) is 0 Å². The molecule has 170 valence electrons. The Kier molecular flexibility index (Phi) is 5.30. The number of Topliss-reactive ketones (excluding diaryl/α,β-unsaturated/α-hetero) is 1. The van der Waals surface area contributed by atoms with Gasteiger partial charge in [-0.3, -0.25) is 14.5 Å². The highest BCUT2D eigenvalue weighted by molar-refractivity contribution is 7.22. The zero-order valence-electron chi connectivity index (χ0n) is 18.1. The minimum Gasteiger partial charge on any atom is -0.507 e. The molecule has 2 aromatic heterocycles. The van der Waals surface area contributed by atoms with E-state index in [-0.39, 0.29) is 22.0 Å². The number of carbonyl (C=O) groups excluding carboxylic acids is 2. The third-order valence-corrected chi connectivity index (χ3v) is 7.81. The molecule has 5 rings (SSSR count). The number of amides is 1. The molecule has 34 heavy (non-hydrogen) atoms. The number of hydrogen-bond acceptors (Lipinski definition) is 7. The molecule has 9 heteroatoms. The zero-order valence-corrected chi connectivity index (χ0v) is 19.7. The maximum absolute atomic E-state index is 13.2. The molecule has 2 N–H and O–H groups in total. The second-order valence-electron chi connectivity index (χ2n) is 7.97. The van der Waals surface area contributed by atoms with Gasteiger partial charge in [-0.25, -0.2) is 9.78 Å². The first-order chi connectivity index (χ1) is 16.3. The quantitative estimate of drug-likeness (QED) is 0.228. The number of thiazole rings is 1. The number of carbonyl (C=O) groups is 3. The van der Waals surface area contributed by atoms with Gasteiger partial charge in [0.25, 0.3) is 5.78 Å². The van der Waals surface area contributed by atoms with E-state index in [1.807, 2.05) is 31.4 Å². The molecule has 1 atom stereocenters. The summed E-state index contributed by atoms with van der Waals surface area (Å²) in [6.45, 7) is 3.86. The predicted octanol–water partition coefficient (Wildman–Crippen LogP) is 5.30. The summed E-state index contributed by atoms with van der Waals surface area (Å²) < 4.78 is 0.580. The van der Waals surface area contributed by atoms with Gasteiger partial charge in [0.05, 0.1) is 21.4 Å². The van der Waals surface area contributed by atoms with Crippen molar-refractivity contribution in [2.75, 3.05) is 4.90 Å². The number of aromatic carboxylic acids is 1. The minimum absolute atomic E-state index is 0.00110. The van der Waals surface area contributed by atoms with E-state index in [9.17, 15) is 24.6 Å². The van der Waals surface area contributed by atoms with Gasteiger partial charge in [-0.2, -0.15) is 0 Å². The number of rotatable bonds is 4. The van der Waals surface area contributed by atoms with E-state index in [0.717, 1.165) is 22.5 Å². The minimum atomic E-state index is -1.07. The Morgan fingerprint density at radius 1 is 1.00 bits per heavy atom. The molecule has 1 aliphatic heterocycles. The van der Waals surface area contributed by atoms with Crippen molar-refractivity contribution in [3.63, 3.8) is 0 Å². The van der Waals surface area contributed by atoms with Gasteiger partial charge in [0, 0.05) is 10.4 Å². The molecule has 1 saturated heterocycles. The Bertz CT molecular complexity index is 1520. The molecule has 4 aromatic rings. The fourth-order valence-electron chi connectivity index (χ4n) is 3.94. The van der Waals surface area contributed by atoms with E-state index in [2.05, 4.69) is 4.98 Å². The van der Waals surface area contributed by atoms with Crippen LogP contribution in [-0.4, -0.2) is 32.9 Å². The number of anilines is 1. The van der Waals surface area contributed by atoms with E-state index in [0.29, 0.717) is 20.7 Å². The van der Waals surface area contributed by atoms with Crippen LogP contribution in [0.2, 0.25) is 0 Å². The molecule has 1 aliphatic rings. The van der Waals surface area contributed by atoms with Gasteiger partial charge in [0.2, 0.25) is 0 Å². The third-order valence-electron chi connectivity index (χ3n) is 5.87. The highest BCUT2D eigenvalue weighted by atomic mass is 32.1. The monoisotopic (exact) mass is 490 g/mol. The zero-order chi connectivity index (χ0) is 24.1. The number of fused-ring (bicyclic) bond motifs is 1. The van der Waals surface area contributed by atoms with Crippen molar-refractivity contribution in [1.29, 1.82) is 0 Å². The maximum atomic E-state index is 13.2. The summed E-state index contributed by atoms with van der Waals surface area (Å²) in [6.07, 6.45) is 0. The molecular formula is C25H18N2O5S2. The van der Waals surface area contributed by atoms with Crippen LogP contribution in [0.15, 0.2) is 59.5 Å². The van der Waals surface area contributed by atoms with E-state index in [4.69, 9.17) is 0 Å². The first-order valence-corrected chi connectivity index (χ1v) is 12.0. The molecule has 3 heterocycles. The first kappa shape index (κ1) is 22.0. The van der Waals surface area contributed by atoms with Crippen LogP contribution in [0.3, 0.4) is 0 Å². The summed E-state index contributed by atoms with van der Waals surface area (Å²) in [5.74, 6) is -2.89. The Hall–Kier alpha value is -3.82. The number of nitrogens with zero attached hydrogens (tertiary/aromatic N) is 2. The maximum Gasteiger partial charge on any atom is 0.335 e. The number of aromatic nitrogens is 1. The third kappa shape index (κ3) is 3.49. The number of aliphatic hydroxyl groups is 1. The summed E-state index contributed by atoms with van der Waals surface area (Å²) in [7, 11) is 0. The SMILES string of the molecule is Cc1ccc(/C(O)=C2\C(=O)C(=O)N(c3nc4ccc(C(=O)O)cc4s3)C2c2cccs2)cc1C. The first-order valence-electron chi connectivity index (χ1n) is 10.3. The molecule has 1 unspecified atom stereocenters.